The Morgan fingerprint density at radius 1 is 1.00 bits per heavy atom. The Hall–Kier alpha value is -1.57. The van der Waals surface area contributed by atoms with Crippen molar-refractivity contribution in [2.75, 3.05) is 6.61 Å². The van der Waals surface area contributed by atoms with Crippen molar-refractivity contribution in [1.29, 1.82) is 0 Å². The van der Waals surface area contributed by atoms with Gasteiger partial charge in [0.1, 0.15) is 0 Å². The van der Waals surface area contributed by atoms with E-state index in [1.54, 1.807) is 0 Å². The highest BCUT2D eigenvalue weighted by Crippen LogP contribution is 2.41. The van der Waals surface area contributed by atoms with Crippen LogP contribution in [-0.4, -0.2) is 12.6 Å². The molecular formula is C15H16O2. The number of esters is 1. The standard InChI is InChI=1S/C15H16O2/c16-15-13-9-5-4-8-12(14(13)10-17-15)11-6-2-1-3-7-11/h1-7,12-14H,8-10H2/t12-,13+,14+/m1/s1. The third kappa shape index (κ3) is 1.88. The van der Waals surface area contributed by atoms with Crippen LogP contribution < -0.4 is 0 Å². The molecule has 1 aliphatic heterocycles. The molecule has 1 fully saturated rings. The van der Waals surface area contributed by atoms with E-state index in [9.17, 15) is 4.79 Å². The van der Waals surface area contributed by atoms with Crippen LogP contribution in [0.5, 0.6) is 0 Å². The van der Waals surface area contributed by atoms with Gasteiger partial charge in [-0.05, 0) is 24.3 Å². The Bertz CT molecular complexity index is 435. The topological polar surface area (TPSA) is 26.3 Å². The molecule has 2 heteroatoms. The third-order valence-corrected chi connectivity index (χ3v) is 3.93. The molecular weight excluding hydrogens is 212 g/mol. The van der Waals surface area contributed by atoms with E-state index in [1.165, 1.54) is 5.56 Å². The number of fused-ring (bicyclic) bond motifs is 1. The Labute approximate surface area is 101 Å². The van der Waals surface area contributed by atoms with Crippen molar-refractivity contribution in [1.82, 2.24) is 0 Å². The third-order valence-electron chi connectivity index (χ3n) is 3.93. The SMILES string of the molecule is O=C1OC[C@@H]2[C@@H]1CC=CC[C@@H]2c1ccccc1. The summed E-state index contributed by atoms with van der Waals surface area (Å²) >= 11 is 0. The van der Waals surface area contributed by atoms with Crippen molar-refractivity contribution in [3.63, 3.8) is 0 Å². The van der Waals surface area contributed by atoms with Crippen LogP contribution in [0, 0.1) is 11.8 Å². The first kappa shape index (κ1) is 10.6. The highest BCUT2D eigenvalue weighted by Gasteiger charge is 2.41. The minimum Gasteiger partial charge on any atom is -0.465 e. The van der Waals surface area contributed by atoms with Crippen LogP contribution in [0.15, 0.2) is 42.5 Å². The minimum absolute atomic E-state index is 0.0116. The summed E-state index contributed by atoms with van der Waals surface area (Å²) in [4.78, 5) is 11.7. The zero-order valence-electron chi connectivity index (χ0n) is 9.71. The van der Waals surface area contributed by atoms with Crippen molar-refractivity contribution in [2.45, 2.75) is 18.8 Å². The number of allylic oxidation sites excluding steroid dienone is 2. The zero-order valence-corrected chi connectivity index (χ0v) is 9.71. The van der Waals surface area contributed by atoms with Gasteiger partial charge in [0.05, 0.1) is 12.5 Å². The number of hydrogen-bond donors (Lipinski definition) is 0. The van der Waals surface area contributed by atoms with Gasteiger partial charge in [-0.2, -0.15) is 0 Å². The van der Waals surface area contributed by atoms with Crippen molar-refractivity contribution in [2.24, 2.45) is 11.8 Å². The van der Waals surface area contributed by atoms with Gasteiger partial charge >= 0.3 is 5.97 Å². The van der Waals surface area contributed by atoms with E-state index >= 15 is 0 Å². The van der Waals surface area contributed by atoms with Crippen LogP contribution in [0.2, 0.25) is 0 Å². The first-order valence-electron chi connectivity index (χ1n) is 6.23. The molecule has 1 saturated heterocycles. The van der Waals surface area contributed by atoms with Gasteiger partial charge in [-0.15, -0.1) is 0 Å². The largest absolute Gasteiger partial charge is 0.465 e. The molecule has 0 unspecified atom stereocenters. The normalized spacial score (nSPS) is 31.8. The molecule has 0 bridgehead atoms. The maximum absolute atomic E-state index is 11.7. The first-order valence-corrected chi connectivity index (χ1v) is 6.23. The van der Waals surface area contributed by atoms with Gasteiger partial charge in [0, 0.05) is 5.92 Å². The second-order valence-corrected chi connectivity index (χ2v) is 4.86. The van der Waals surface area contributed by atoms with Crippen LogP contribution in [0.1, 0.15) is 24.3 Å². The van der Waals surface area contributed by atoms with Crippen LogP contribution in [0.4, 0.5) is 0 Å². The summed E-state index contributed by atoms with van der Waals surface area (Å²) in [6.45, 7) is 0.588. The maximum atomic E-state index is 11.7. The van der Waals surface area contributed by atoms with Crippen LogP contribution in [0.25, 0.3) is 0 Å². The number of rotatable bonds is 1. The number of carbonyl (C=O) groups is 1. The molecule has 0 saturated carbocycles. The van der Waals surface area contributed by atoms with Gasteiger partial charge in [-0.1, -0.05) is 42.5 Å². The van der Waals surface area contributed by atoms with E-state index in [0.29, 0.717) is 18.4 Å². The molecule has 0 radical (unpaired) electrons. The van der Waals surface area contributed by atoms with Gasteiger partial charge in [0.2, 0.25) is 0 Å². The van der Waals surface area contributed by atoms with Crippen molar-refractivity contribution < 1.29 is 9.53 Å². The fraction of sp³-hybridized carbons (Fsp3) is 0.400. The van der Waals surface area contributed by atoms with Gasteiger partial charge in [-0.25, -0.2) is 0 Å². The van der Waals surface area contributed by atoms with Gasteiger partial charge < -0.3 is 4.74 Å². The fourth-order valence-corrected chi connectivity index (χ4v) is 2.99. The average molecular weight is 228 g/mol. The van der Waals surface area contributed by atoms with Crippen molar-refractivity contribution in [3.8, 4) is 0 Å². The van der Waals surface area contributed by atoms with E-state index < -0.39 is 0 Å². The summed E-state index contributed by atoms with van der Waals surface area (Å²) in [5, 5.41) is 0. The van der Waals surface area contributed by atoms with E-state index in [1.807, 2.05) is 6.07 Å². The lowest BCUT2D eigenvalue weighted by Crippen LogP contribution is -2.20. The summed E-state index contributed by atoms with van der Waals surface area (Å²) in [6.07, 6.45) is 6.20. The number of benzene rings is 1. The quantitative estimate of drug-likeness (QED) is 0.545. The highest BCUT2D eigenvalue weighted by atomic mass is 16.5. The summed E-state index contributed by atoms with van der Waals surface area (Å²) in [5.74, 6) is 0.827. The molecule has 88 valence electrons. The van der Waals surface area contributed by atoms with Crippen molar-refractivity contribution >= 4 is 5.97 Å². The minimum atomic E-state index is -0.0116. The Kier molecular flexibility index (Phi) is 2.71. The molecule has 2 aliphatic rings. The molecule has 0 spiro atoms. The van der Waals surface area contributed by atoms with Gasteiger partial charge in [0.25, 0.3) is 0 Å². The fourth-order valence-electron chi connectivity index (χ4n) is 2.99. The summed E-state index contributed by atoms with van der Waals surface area (Å²) < 4.78 is 5.23. The van der Waals surface area contributed by atoms with E-state index in [-0.39, 0.29) is 11.9 Å². The summed E-state index contributed by atoms with van der Waals surface area (Å²) in [6, 6.07) is 10.5. The molecule has 3 rings (SSSR count). The maximum Gasteiger partial charge on any atom is 0.309 e. The molecule has 0 aromatic heterocycles. The van der Waals surface area contributed by atoms with Gasteiger partial charge in [-0.3, -0.25) is 4.79 Å². The van der Waals surface area contributed by atoms with E-state index in [2.05, 4.69) is 36.4 Å². The molecule has 17 heavy (non-hydrogen) atoms. The Morgan fingerprint density at radius 2 is 1.71 bits per heavy atom. The van der Waals surface area contributed by atoms with Crippen molar-refractivity contribution in [3.05, 3.63) is 48.0 Å². The molecule has 1 heterocycles. The summed E-state index contributed by atoms with van der Waals surface area (Å²) in [5.41, 5.74) is 1.33. The molecule has 1 aromatic rings. The second-order valence-electron chi connectivity index (χ2n) is 4.86. The first-order chi connectivity index (χ1) is 8.36. The smallest absolute Gasteiger partial charge is 0.309 e. The lowest BCUT2D eigenvalue weighted by molar-refractivity contribution is -0.141. The molecule has 0 N–H and O–H groups in total. The van der Waals surface area contributed by atoms with Crippen LogP contribution in [-0.2, 0) is 9.53 Å². The number of cyclic esters (lactones) is 1. The van der Waals surface area contributed by atoms with E-state index in [0.717, 1.165) is 12.8 Å². The molecule has 1 aliphatic carbocycles. The molecule has 2 nitrogen and oxygen atoms in total. The molecule has 1 aromatic carbocycles. The summed E-state index contributed by atoms with van der Waals surface area (Å²) in [7, 11) is 0. The number of ether oxygens (including phenoxy) is 1. The monoisotopic (exact) mass is 228 g/mol. The van der Waals surface area contributed by atoms with Gasteiger partial charge in [0.15, 0.2) is 0 Å². The average Bonchev–Trinajstić information content (AvgIpc) is 2.62. The highest BCUT2D eigenvalue weighted by molar-refractivity contribution is 5.75. The molecule has 3 atom stereocenters. The molecule has 0 amide bonds. The predicted molar refractivity (Wildman–Crippen MR) is 65.5 cm³/mol. The lowest BCUT2D eigenvalue weighted by Gasteiger charge is -2.22. The number of carbonyl (C=O) groups excluding carboxylic acids is 1. The Balaban J connectivity index is 1.93. The van der Waals surface area contributed by atoms with E-state index in [4.69, 9.17) is 4.74 Å². The number of hydrogen-bond acceptors (Lipinski definition) is 2. The predicted octanol–water partition coefficient (Wildman–Crippen LogP) is 2.91. The zero-order chi connectivity index (χ0) is 11.7. The Morgan fingerprint density at radius 3 is 2.47 bits per heavy atom. The lowest BCUT2D eigenvalue weighted by atomic mass is 9.78. The second kappa shape index (κ2) is 4.36. The van der Waals surface area contributed by atoms with Crippen LogP contribution >= 0.6 is 0 Å². The van der Waals surface area contributed by atoms with Crippen LogP contribution in [0.3, 0.4) is 0 Å².